The van der Waals surface area contributed by atoms with E-state index >= 15 is 0 Å². The SMILES string of the molecule is COc1ccccc1OCC(=O)N(CCC(=O)Nc1cccc(C(=O)OC(C)C)c1)C1CC1. The third-order valence-corrected chi connectivity index (χ3v) is 5.03. The van der Waals surface area contributed by atoms with Crippen LogP contribution in [-0.2, 0) is 14.3 Å². The lowest BCUT2D eigenvalue weighted by atomic mass is 10.2. The molecular formula is C25H30N2O6. The van der Waals surface area contributed by atoms with Crippen LogP contribution in [0.25, 0.3) is 0 Å². The summed E-state index contributed by atoms with van der Waals surface area (Å²) in [4.78, 5) is 39.0. The predicted molar refractivity (Wildman–Crippen MR) is 123 cm³/mol. The number of benzene rings is 2. The molecule has 8 heteroatoms. The third kappa shape index (κ3) is 7.24. The molecule has 0 radical (unpaired) electrons. The van der Waals surface area contributed by atoms with Gasteiger partial charge in [-0.1, -0.05) is 18.2 Å². The summed E-state index contributed by atoms with van der Waals surface area (Å²) in [5, 5.41) is 2.78. The summed E-state index contributed by atoms with van der Waals surface area (Å²) in [6, 6.07) is 13.9. The van der Waals surface area contributed by atoms with E-state index in [-0.39, 0.29) is 37.0 Å². The molecule has 1 N–H and O–H groups in total. The molecule has 0 aliphatic heterocycles. The zero-order valence-electron chi connectivity index (χ0n) is 19.2. The molecule has 8 nitrogen and oxygen atoms in total. The first-order valence-electron chi connectivity index (χ1n) is 11.0. The molecule has 2 amide bonds. The number of anilines is 1. The number of methoxy groups -OCH3 is 1. The molecule has 1 saturated carbocycles. The quantitative estimate of drug-likeness (QED) is 0.521. The number of para-hydroxylation sites is 2. The maximum atomic E-state index is 12.8. The highest BCUT2D eigenvalue weighted by Crippen LogP contribution is 2.29. The fourth-order valence-corrected chi connectivity index (χ4v) is 3.31. The molecule has 0 saturated heterocycles. The van der Waals surface area contributed by atoms with Gasteiger partial charge >= 0.3 is 5.97 Å². The second kappa shape index (κ2) is 11.4. The molecule has 2 aromatic carbocycles. The molecule has 3 rings (SSSR count). The average Bonchev–Trinajstić information content (AvgIpc) is 3.63. The summed E-state index contributed by atoms with van der Waals surface area (Å²) in [5.74, 6) is 0.199. The summed E-state index contributed by atoms with van der Waals surface area (Å²) in [5.41, 5.74) is 0.867. The summed E-state index contributed by atoms with van der Waals surface area (Å²) in [7, 11) is 1.54. The van der Waals surface area contributed by atoms with Crippen LogP contribution < -0.4 is 14.8 Å². The van der Waals surface area contributed by atoms with E-state index in [4.69, 9.17) is 14.2 Å². The number of nitrogens with zero attached hydrogens (tertiary/aromatic N) is 1. The van der Waals surface area contributed by atoms with E-state index in [0.29, 0.717) is 29.3 Å². The Hall–Kier alpha value is -3.55. The van der Waals surface area contributed by atoms with Crippen LogP contribution in [0.2, 0.25) is 0 Å². The first-order valence-corrected chi connectivity index (χ1v) is 11.0. The average molecular weight is 455 g/mol. The Bertz CT molecular complexity index is 986. The van der Waals surface area contributed by atoms with Gasteiger partial charge in [0, 0.05) is 24.7 Å². The number of hydrogen-bond acceptors (Lipinski definition) is 6. The van der Waals surface area contributed by atoms with Gasteiger partial charge in [0.2, 0.25) is 5.91 Å². The first-order chi connectivity index (χ1) is 15.9. The highest BCUT2D eigenvalue weighted by Gasteiger charge is 2.32. The lowest BCUT2D eigenvalue weighted by Gasteiger charge is -2.22. The number of carbonyl (C=O) groups excluding carboxylic acids is 3. The summed E-state index contributed by atoms with van der Waals surface area (Å²) < 4.78 is 16.1. The van der Waals surface area contributed by atoms with Gasteiger partial charge < -0.3 is 24.4 Å². The molecule has 1 aliphatic rings. The van der Waals surface area contributed by atoms with Gasteiger partial charge in [-0.15, -0.1) is 0 Å². The Morgan fingerprint density at radius 2 is 1.79 bits per heavy atom. The number of amides is 2. The van der Waals surface area contributed by atoms with Crippen molar-refractivity contribution in [3.63, 3.8) is 0 Å². The molecule has 0 atom stereocenters. The largest absolute Gasteiger partial charge is 0.493 e. The zero-order valence-corrected chi connectivity index (χ0v) is 19.2. The molecule has 0 unspecified atom stereocenters. The number of carbonyl (C=O) groups is 3. The molecule has 0 spiro atoms. The Labute approximate surface area is 193 Å². The standard InChI is InChI=1S/C25H30N2O6/c1-17(2)33-25(30)18-7-6-8-19(15-18)26-23(28)13-14-27(20-11-12-20)24(29)16-32-22-10-5-4-9-21(22)31-3/h4-10,15,17,20H,11-14,16H2,1-3H3,(H,26,28). The highest BCUT2D eigenvalue weighted by atomic mass is 16.5. The summed E-state index contributed by atoms with van der Waals surface area (Å²) >= 11 is 0. The van der Waals surface area contributed by atoms with E-state index in [9.17, 15) is 14.4 Å². The maximum absolute atomic E-state index is 12.8. The number of nitrogens with one attached hydrogen (secondary N) is 1. The molecular weight excluding hydrogens is 424 g/mol. The number of esters is 1. The van der Waals surface area contributed by atoms with Crippen LogP contribution in [0.5, 0.6) is 11.5 Å². The van der Waals surface area contributed by atoms with Gasteiger partial charge in [-0.3, -0.25) is 9.59 Å². The third-order valence-electron chi connectivity index (χ3n) is 5.03. The Morgan fingerprint density at radius 1 is 1.06 bits per heavy atom. The second-order valence-corrected chi connectivity index (χ2v) is 8.09. The molecule has 33 heavy (non-hydrogen) atoms. The molecule has 176 valence electrons. The number of ether oxygens (including phenoxy) is 3. The maximum Gasteiger partial charge on any atom is 0.338 e. The van der Waals surface area contributed by atoms with Gasteiger partial charge in [0.25, 0.3) is 5.91 Å². The lowest BCUT2D eigenvalue weighted by Crippen LogP contribution is -2.38. The van der Waals surface area contributed by atoms with Crippen molar-refractivity contribution in [2.75, 3.05) is 25.6 Å². The Morgan fingerprint density at radius 3 is 2.45 bits per heavy atom. The zero-order chi connectivity index (χ0) is 23.8. The van der Waals surface area contributed by atoms with Crippen LogP contribution in [0.1, 0.15) is 43.5 Å². The van der Waals surface area contributed by atoms with Crippen molar-refractivity contribution in [1.29, 1.82) is 0 Å². The minimum Gasteiger partial charge on any atom is -0.493 e. The van der Waals surface area contributed by atoms with Crippen molar-refractivity contribution in [1.82, 2.24) is 4.90 Å². The van der Waals surface area contributed by atoms with Gasteiger partial charge in [0.05, 0.1) is 18.8 Å². The van der Waals surface area contributed by atoms with E-state index in [0.717, 1.165) is 12.8 Å². The van der Waals surface area contributed by atoms with Crippen LogP contribution in [0, 0.1) is 0 Å². The van der Waals surface area contributed by atoms with Gasteiger partial charge in [-0.05, 0) is 57.0 Å². The Balaban J connectivity index is 1.52. The van der Waals surface area contributed by atoms with Crippen molar-refractivity contribution in [3.8, 4) is 11.5 Å². The van der Waals surface area contributed by atoms with E-state index in [1.165, 1.54) is 0 Å². The minimum atomic E-state index is -0.443. The van der Waals surface area contributed by atoms with Crippen molar-refractivity contribution in [2.45, 2.75) is 45.3 Å². The van der Waals surface area contributed by atoms with Crippen LogP contribution >= 0.6 is 0 Å². The molecule has 2 aromatic rings. The highest BCUT2D eigenvalue weighted by molar-refractivity contribution is 5.94. The fourth-order valence-electron chi connectivity index (χ4n) is 3.31. The number of rotatable bonds is 11. The van der Waals surface area contributed by atoms with Gasteiger partial charge in [0.15, 0.2) is 18.1 Å². The lowest BCUT2D eigenvalue weighted by molar-refractivity contribution is -0.134. The van der Waals surface area contributed by atoms with Crippen LogP contribution in [0.4, 0.5) is 5.69 Å². The smallest absolute Gasteiger partial charge is 0.338 e. The normalized spacial score (nSPS) is 12.7. The molecule has 0 bridgehead atoms. The van der Waals surface area contributed by atoms with Crippen molar-refractivity contribution >= 4 is 23.5 Å². The minimum absolute atomic E-state index is 0.126. The van der Waals surface area contributed by atoms with Gasteiger partial charge in [-0.25, -0.2) is 4.79 Å². The number of hydrogen-bond donors (Lipinski definition) is 1. The molecule has 0 heterocycles. The first kappa shape index (κ1) is 24.1. The van der Waals surface area contributed by atoms with Crippen molar-refractivity contribution < 1.29 is 28.6 Å². The van der Waals surface area contributed by atoms with Crippen LogP contribution in [-0.4, -0.2) is 55.1 Å². The van der Waals surface area contributed by atoms with E-state index in [1.807, 2.05) is 12.1 Å². The van der Waals surface area contributed by atoms with Gasteiger partial charge in [-0.2, -0.15) is 0 Å². The van der Waals surface area contributed by atoms with Gasteiger partial charge in [0.1, 0.15) is 0 Å². The van der Waals surface area contributed by atoms with E-state index in [1.54, 1.807) is 62.3 Å². The summed E-state index contributed by atoms with van der Waals surface area (Å²) in [6.07, 6.45) is 1.75. The van der Waals surface area contributed by atoms with Crippen LogP contribution in [0.15, 0.2) is 48.5 Å². The van der Waals surface area contributed by atoms with Crippen molar-refractivity contribution in [2.24, 2.45) is 0 Å². The van der Waals surface area contributed by atoms with Crippen molar-refractivity contribution in [3.05, 3.63) is 54.1 Å². The summed E-state index contributed by atoms with van der Waals surface area (Å²) in [6.45, 7) is 3.72. The molecule has 1 aliphatic carbocycles. The fraction of sp³-hybridized carbons (Fsp3) is 0.400. The topological polar surface area (TPSA) is 94.2 Å². The monoisotopic (exact) mass is 454 g/mol. The second-order valence-electron chi connectivity index (χ2n) is 8.09. The molecule has 0 aromatic heterocycles. The molecule has 1 fully saturated rings. The predicted octanol–water partition coefficient (Wildman–Crippen LogP) is 3.66. The van der Waals surface area contributed by atoms with Crippen LogP contribution in [0.3, 0.4) is 0 Å². The Kier molecular flexibility index (Phi) is 8.29. The van der Waals surface area contributed by atoms with E-state index < -0.39 is 5.97 Å². The van der Waals surface area contributed by atoms with E-state index in [2.05, 4.69) is 5.32 Å².